The normalized spacial score (nSPS) is 17.0. The topological polar surface area (TPSA) is 64.4 Å². The molecule has 5 nitrogen and oxygen atoms in total. The van der Waals surface area contributed by atoms with E-state index in [4.69, 9.17) is 4.74 Å². The van der Waals surface area contributed by atoms with Crippen LogP contribution < -0.4 is 5.32 Å². The molecule has 0 heterocycles. The van der Waals surface area contributed by atoms with Crippen molar-refractivity contribution in [3.8, 4) is 0 Å². The number of para-hydroxylation sites is 1. The van der Waals surface area contributed by atoms with E-state index in [0.717, 1.165) is 25.3 Å². The van der Waals surface area contributed by atoms with Crippen LogP contribution in [0.2, 0.25) is 0 Å². The largest absolute Gasteiger partial charge is 0.376 e. The van der Waals surface area contributed by atoms with Crippen LogP contribution in [0.25, 0.3) is 0 Å². The lowest BCUT2D eigenvalue weighted by atomic mass is 9.80. The molecule has 1 fully saturated rings. The number of ether oxygens (including phenoxy) is 1. The van der Waals surface area contributed by atoms with Gasteiger partial charge < -0.3 is 10.1 Å². The molecule has 1 aliphatic carbocycles. The first-order chi connectivity index (χ1) is 8.58. The molecule has 0 spiro atoms. The van der Waals surface area contributed by atoms with E-state index in [1.54, 1.807) is 7.11 Å². The average Bonchev–Trinajstić information content (AvgIpc) is 2.27. The summed E-state index contributed by atoms with van der Waals surface area (Å²) < 4.78 is 18.8. The molecule has 0 saturated heterocycles. The van der Waals surface area contributed by atoms with Gasteiger partial charge in [0, 0.05) is 13.7 Å². The highest BCUT2D eigenvalue weighted by Crippen LogP contribution is 2.36. The lowest BCUT2D eigenvalue weighted by molar-refractivity contribution is -0.386. The van der Waals surface area contributed by atoms with E-state index in [1.165, 1.54) is 12.1 Å². The molecule has 1 saturated carbocycles. The molecule has 6 heteroatoms. The summed E-state index contributed by atoms with van der Waals surface area (Å²) in [4.78, 5) is 10.1. The van der Waals surface area contributed by atoms with Crippen LogP contribution in [0.1, 0.15) is 19.3 Å². The number of hydrogen-bond acceptors (Lipinski definition) is 4. The molecule has 1 aliphatic rings. The van der Waals surface area contributed by atoms with Crippen molar-refractivity contribution in [1.82, 2.24) is 0 Å². The van der Waals surface area contributed by atoms with Crippen LogP contribution >= 0.6 is 0 Å². The maximum atomic E-state index is 13.4. The van der Waals surface area contributed by atoms with E-state index >= 15 is 0 Å². The first kappa shape index (κ1) is 12.8. The van der Waals surface area contributed by atoms with E-state index in [9.17, 15) is 14.5 Å². The number of nitrogens with zero attached hydrogens (tertiary/aromatic N) is 1. The summed E-state index contributed by atoms with van der Waals surface area (Å²) in [6, 6.07) is 4.03. The number of nitro benzene ring substituents is 1. The van der Waals surface area contributed by atoms with Gasteiger partial charge in [-0.25, -0.2) is 0 Å². The van der Waals surface area contributed by atoms with Crippen molar-refractivity contribution in [2.24, 2.45) is 0 Å². The van der Waals surface area contributed by atoms with Crippen molar-refractivity contribution in [2.75, 3.05) is 19.0 Å². The van der Waals surface area contributed by atoms with Crippen LogP contribution in [0.15, 0.2) is 18.2 Å². The third-order valence-corrected chi connectivity index (χ3v) is 3.47. The molecule has 1 aromatic carbocycles. The molecular formula is C12H15FN2O3. The Bertz CT molecular complexity index is 455. The predicted molar refractivity (Wildman–Crippen MR) is 65.1 cm³/mol. The van der Waals surface area contributed by atoms with Gasteiger partial charge in [0.1, 0.15) is 5.69 Å². The highest BCUT2D eigenvalue weighted by atomic mass is 19.1. The van der Waals surface area contributed by atoms with Crippen molar-refractivity contribution >= 4 is 11.4 Å². The standard InChI is InChI=1S/C12H15FN2O3/c1-18-12(6-3-7-12)8-14-10-5-2-4-9(13)11(10)15(16)17/h2,4-5,14H,3,6-8H2,1H3. The second kappa shape index (κ2) is 4.89. The summed E-state index contributed by atoms with van der Waals surface area (Å²) in [6.07, 6.45) is 2.92. The molecule has 98 valence electrons. The fraction of sp³-hybridized carbons (Fsp3) is 0.500. The number of hydrogen-bond donors (Lipinski definition) is 1. The number of nitrogens with one attached hydrogen (secondary N) is 1. The number of anilines is 1. The Morgan fingerprint density at radius 3 is 2.78 bits per heavy atom. The fourth-order valence-electron chi connectivity index (χ4n) is 2.12. The Labute approximate surface area is 104 Å². The van der Waals surface area contributed by atoms with E-state index < -0.39 is 16.4 Å². The fourth-order valence-corrected chi connectivity index (χ4v) is 2.12. The Balaban J connectivity index is 2.14. The minimum absolute atomic E-state index is 0.198. The van der Waals surface area contributed by atoms with E-state index in [-0.39, 0.29) is 11.3 Å². The summed E-state index contributed by atoms with van der Waals surface area (Å²) in [5, 5.41) is 13.7. The van der Waals surface area contributed by atoms with Crippen molar-refractivity contribution in [1.29, 1.82) is 0 Å². The number of rotatable bonds is 5. The van der Waals surface area contributed by atoms with Crippen LogP contribution in [0.3, 0.4) is 0 Å². The van der Waals surface area contributed by atoms with Gasteiger partial charge in [0.2, 0.25) is 5.82 Å². The highest BCUT2D eigenvalue weighted by molar-refractivity contribution is 5.62. The van der Waals surface area contributed by atoms with Gasteiger partial charge in [-0.15, -0.1) is 0 Å². The zero-order valence-electron chi connectivity index (χ0n) is 10.1. The van der Waals surface area contributed by atoms with Crippen molar-refractivity contribution in [3.05, 3.63) is 34.1 Å². The Morgan fingerprint density at radius 2 is 2.28 bits per heavy atom. The third kappa shape index (κ3) is 2.28. The smallest absolute Gasteiger partial charge is 0.327 e. The maximum Gasteiger partial charge on any atom is 0.327 e. The molecule has 0 bridgehead atoms. The first-order valence-corrected chi connectivity index (χ1v) is 5.80. The van der Waals surface area contributed by atoms with Crippen molar-refractivity contribution in [3.63, 3.8) is 0 Å². The van der Waals surface area contributed by atoms with Crippen LogP contribution in [0.5, 0.6) is 0 Å². The van der Waals surface area contributed by atoms with Crippen LogP contribution in [0.4, 0.5) is 15.8 Å². The second-order valence-corrected chi connectivity index (χ2v) is 4.49. The van der Waals surface area contributed by atoms with E-state index in [0.29, 0.717) is 6.54 Å². The zero-order chi connectivity index (χ0) is 13.2. The van der Waals surface area contributed by atoms with Gasteiger partial charge in [-0.3, -0.25) is 10.1 Å². The lowest BCUT2D eigenvalue weighted by Gasteiger charge is -2.40. The summed E-state index contributed by atoms with van der Waals surface area (Å²) >= 11 is 0. The molecule has 0 unspecified atom stereocenters. The molecule has 0 amide bonds. The molecule has 0 aliphatic heterocycles. The van der Waals surface area contributed by atoms with E-state index in [2.05, 4.69) is 5.32 Å². The van der Waals surface area contributed by atoms with Gasteiger partial charge >= 0.3 is 5.69 Å². The number of halogens is 1. The highest BCUT2D eigenvalue weighted by Gasteiger charge is 2.37. The minimum atomic E-state index is -0.829. The monoisotopic (exact) mass is 254 g/mol. The van der Waals surface area contributed by atoms with Gasteiger partial charge in [0.05, 0.1) is 10.5 Å². The predicted octanol–water partition coefficient (Wildman–Crippen LogP) is 2.71. The quantitative estimate of drug-likeness (QED) is 0.648. The summed E-state index contributed by atoms with van der Waals surface area (Å²) in [5.74, 6) is -0.829. The van der Waals surface area contributed by atoms with Gasteiger partial charge in [0.25, 0.3) is 0 Å². The van der Waals surface area contributed by atoms with Crippen LogP contribution in [-0.4, -0.2) is 24.2 Å². The van der Waals surface area contributed by atoms with Crippen LogP contribution in [0, 0.1) is 15.9 Å². The molecular weight excluding hydrogens is 239 g/mol. The van der Waals surface area contributed by atoms with Gasteiger partial charge in [0.15, 0.2) is 0 Å². The Kier molecular flexibility index (Phi) is 3.47. The molecule has 0 atom stereocenters. The van der Waals surface area contributed by atoms with Gasteiger partial charge in [-0.1, -0.05) is 6.07 Å². The Morgan fingerprint density at radius 1 is 1.56 bits per heavy atom. The van der Waals surface area contributed by atoms with Crippen LogP contribution in [-0.2, 0) is 4.74 Å². The minimum Gasteiger partial charge on any atom is -0.376 e. The molecule has 2 rings (SSSR count). The molecule has 18 heavy (non-hydrogen) atoms. The number of methoxy groups -OCH3 is 1. The summed E-state index contributed by atoms with van der Waals surface area (Å²) in [6.45, 7) is 0.452. The lowest BCUT2D eigenvalue weighted by Crippen LogP contribution is -2.45. The van der Waals surface area contributed by atoms with Crippen molar-refractivity contribution < 1.29 is 14.1 Å². The Hall–Kier alpha value is -1.69. The molecule has 0 aromatic heterocycles. The second-order valence-electron chi connectivity index (χ2n) is 4.49. The molecule has 0 radical (unpaired) electrons. The summed E-state index contributed by atoms with van der Waals surface area (Å²) in [7, 11) is 1.63. The van der Waals surface area contributed by atoms with Crippen molar-refractivity contribution in [2.45, 2.75) is 24.9 Å². The first-order valence-electron chi connectivity index (χ1n) is 5.80. The number of nitro groups is 1. The third-order valence-electron chi connectivity index (χ3n) is 3.47. The maximum absolute atomic E-state index is 13.4. The average molecular weight is 254 g/mol. The summed E-state index contributed by atoms with van der Waals surface area (Å²) in [5.41, 5.74) is -0.577. The SMILES string of the molecule is COC1(CNc2cccc(F)c2[N+](=O)[O-])CCC1. The van der Waals surface area contributed by atoms with Gasteiger partial charge in [-0.05, 0) is 31.4 Å². The van der Waals surface area contributed by atoms with Gasteiger partial charge in [-0.2, -0.15) is 4.39 Å². The molecule has 1 aromatic rings. The van der Waals surface area contributed by atoms with E-state index in [1.807, 2.05) is 0 Å². The zero-order valence-corrected chi connectivity index (χ0v) is 10.1. The molecule has 1 N–H and O–H groups in total. The number of benzene rings is 1.